The number of rotatable bonds is 5. The zero-order valence-corrected chi connectivity index (χ0v) is 20.8. The summed E-state index contributed by atoms with van der Waals surface area (Å²) in [5.74, 6) is -1.38. The molecule has 1 amide bonds. The number of aromatic nitrogens is 5. The van der Waals surface area contributed by atoms with E-state index in [0.29, 0.717) is 42.6 Å². The average Bonchev–Trinajstić information content (AvgIpc) is 3.38. The summed E-state index contributed by atoms with van der Waals surface area (Å²) in [6.07, 6.45) is 6.48. The van der Waals surface area contributed by atoms with Crippen molar-refractivity contribution in [1.82, 2.24) is 28.8 Å². The number of benzene rings is 1. The number of pyridine rings is 2. The average molecular weight is 531 g/mol. The van der Waals surface area contributed by atoms with Gasteiger partial charge in [-0.25, -0.2) is 23.5 Å². The maximum atomic E-state index is 14.1. The van der Waals surface area contributed by atoms with Gasteiger partial charge in [0.2, 0.25) is 0 Å². The fourth-order valence-corrected chi connectivity index (χ4v) is 5.26. The summed E-state index contributed by atoms with van der Waals surface area (Å²) < 4.78 is 31.8. The van der Waals surface area contributed by atoms with Crippen molar-refractivity contribution < 1.29 is 13.6 Å². The Morgan fingerprint density at radius 3 is 2.51 bits per heavy atom. The predicted octanol–water partition coefficient (Wildman–Crippen LogP) is 3.45. The molecule has 1 aliphatic rings. The first-order valence-corrected chi connectivity index (χ1v) is 12.7. The lowest BCUT2D eigenvalue weighted by Crippen LogP contribution is -2.45. The molecule has 198 valence electrons. The van der Waals surface area contributed by atoms with E-state index in [4.69, 9.17) is 0 Å². The fraction of sp³-hybridized carbons (Fsp3) is 0.250. The topological polar surface area (TPSA) is 103 Å². The molecule has 1 N–H and O–H groups in total. The summed E-state index contributed by atoms with van der Waals surface area (Å²) >= 11 is 0. The molecule has 0 saturated heterocycles. The molecule has 1 aliphatic carbocycles. The minimum Gasteiger partial charge on any atom is -0.348 e. The normalized spacial score (nSPS) is 17.5. The second-order valence-electron chi connectivity index (χ2n) is 9.77. The molecule has 1 aromatic carbocycles. The number of nitrogens with one attached hydrogen (secondary N) is 1. The Hall–Kier alpha value is -4.67. The Labute approximate surface area is 220 Å². The van der Waals surface area contributed by atoms with Gasteiger partial charge < -0.3 is 9.72 Å². The van der Waals surface area contributed by atoms with Crippen LogP contribution >= 0.6 is 0 Å². The van der Waals surface area contributed by atoms with Gasteiger partial charge in [-0.1, -0.05) is 18.2 Å². The fourth-order valence-electron chi connectivity index (χ4n) is 5.26. The summed E-state index contributed by atoms with van der Waals surface area (Å²) in [5, 5.41) is 3.01. The van der Waals surface area contributed by atoms with Gasteiger partial charge in [-0.3, -0.25) is 18.7 Å². The molecule has 0 spiro atoms. The maximum absolute atomic E-state index is 14.1. The monoisotopic (exact) mass is 530 g/mol. The number of fused-ring (bicyclic) bond motifs is 2. The van der Waals surface area contributed by atoms with Gasteiger partial charge in [-0.05, 0) is 61.6 Å². The molecule has 6 rings (SSSR count). The number of imidazole rings is 1. The van der Waals surface area contributed by atoms with Crippen molar-refractivity contribution in [1.29, 1.82) is 0 Å². The van der Waals surface area contributed by atoms with Gasteiger partial charge in [0.1, 0.15) is 28.6 Å². The number of carbonyl (C=O) groups excluding carboxylic acids is 1. The van der Waals surface area contributed by atoms with Crippen LogP contribution in [0.3, 0.4) is 0 Å². The molecule has 0 unspecified atom stereocenters. The van der Waals surface area contributed by atoms with Gasteiger partial charge in [0.15, 0.2) is 0 Å². The lowest BCUT2D eigenvalue weighted by Gasteiger charge is -2.30. The molecule has 0 aliphatic heterocycles. The van der Waals surface area contributed by atoms with E-state index in [1.807, 2.05) is 24.4 Å². The molecule has 0 radical (unpaired) electrons. The van der Waals surface area contributed by atoms with Gasteiger partial charge in [0.05, 0.1) is 18.1 Å². The van der Waals surface area contributed by atoms with Crippen molar-refractivity contribution in [3.8, 4) is 0 Å². The van der Waals surface area contributed by atoms with E-state index in [2.05, 4.69) is 15.3 Å². The number of hydrogen-bond donors (Lipinski definition) is 1. The third-order valence-corrected chi connectivity index (χ3v) is 7.22. The summed E-state index contributed by atoms with van der Waals surface area (Å²) in [4.78, 5) is 48.2. The summed E-state index contributed by atoms with van der Waals surface area (Å²) in [7, 11) is 0. The van der Waals surface area contributed by atoms with E-state index in [9.17, 15) is 23.2 Å². The van der Waals surface area contributed by atoms with Gasteiger partial charge in [0.25, 0.3) is 11.5 Å². The molecular formula is C28H24F2N6O3. The highest BCUT2D eigenvalue weighted by Gasteiger charge is 2.28. The van der Waals surface area contributed by atoms with Crippen LogP contribution in [0.4, 0.5) is 8.78 Å². The zero-order valence-electron chi connectivity index (χ0n) is 20.8. The van der Waals surface area contributed by atoms with Crippen LogP contribution < -0.4 is 16.6 Å². The maximum Gasteiger partial charge on any atom is 0.333 e. The first-order chi connectivity index (χ1) is 18.9. The van der Waals surface area contributed by atoms with Crippen LogP contribution in [0.2, 0.25) is 0 Å². The lowest BCUT2D eigenvalue weighted by atomic mass is 9.90. The minimum atomic E-state index is -0.684. The number of nitrogens with zero attached hydrogens (tertiary/aromatic N) is 5. The molecule has 1 saturated carbocycles. The van der Waals surface area contributed by atoms with Crippen LogP contribution in [-0.2, 0) is 6.54 Å². The van der Waals surface area contributed by atoms with Crippen LogP contribution in [0.25, 0.3) is 16.7 Å². The third kappa shape index (κ3) is 4.71. The van der Waals surface area contributed by atoms with E-state index < -0.39 is 28.9 Å². The number of hydrogen-bond acceptors (Lipinski definition) is 5. The smallest absolute Gasteiger partial charge is 0.333 e. The number of carbonyl (C=O) groups is 1. The quantitative estimate of drug-likeness (QED) is 0.375. The van der Waals surface area contributed by atoms with Crippen molar-refractivity contribution in [3.05, 3.63) is 111 Å². The van der Waals surface area contributed by atoms with Crippen molar-refractivity contribution >= 4 is 22.6 Å². The molecule has 4 heterocycles. The SMILES string of the molecule is O=C(NC1CCC(n2c(=O)c3cc(F)cnc3n(Cc3ccc(F)cc3)c2=O)CC1)c1cn2ccccc2n1. The minimum absolute atomic E-state index is 0.000939. The molecule has 4 aromatic heterocycles. The Morgan fingerprint density at radius 2 is 1.77 bits per heavy atom. The van der Waals surface area contributed by atoms with Crippen molar-refractivity contribution in [2.24, 2.45) is 0 Å². The van der Waals surface area contributed by atoms with Crippen LogP contribution in [0.1, 0.15) is 47.8 Å². The van der Waals surface area contributed by atoms with Crippen LogP contribution in [0, 0.1) is 11.6 Å². The molecule has 5 aromatic rings. The van der Waals surface area contributed by atoms with Gasteiger partial charge >= 0.3 is 5.69 Å². The van der Waals surface area contributed by atoms with E-state index >= 15 is 0 Å². The van der Waals surface area contributed by atoms with Gasteiger partial charge in [0, 0.05) is 24.5 Å². The van der Waals surface area contributed by atoms with E-state index in [-0.39, 0.29) is 29.5 Å². The van der Waals surface area contributed by atoms with Crippen LogP contribution in [-0.4, -0.2) is 35.5 Å². The van der Waals surface area contributed by atoms with Gasteiger partial charge in [-0.2, -0.15) is 0 Å². The van der Waals surface area contributed by atoms with Crippen LogP contribution in [0.15, 0.2) is 76.7 Å². The number of halogens is 2. The molecule has 9 nitrogen and oxygen atoms in total. The summed E-state index contributed by atoms with van der Waals surface area (Å²) in [6, 6.07) is 11.7. The molecular weight excluding hydrogens is 506 g/mol. The summed E-state index contributed by atoms with van der Waals surface area (Å²) in [6.45, 7) is 0.0406. The Balaban J connectivity index is 1.26. The van der Waals surface area contributed by atoms with E-state index in [1.54, 1.807) is 22.7 Å². The largest absolute Gasteiger partial charge is 0.348 e. The first-order valence-electron chi connectivity index (χ1n) is 12.7. The van der Waals surface area contributed by atoms with Crippen LogP contribution in [0.5, 0.6) is 0 Å². The highest BCUT2D eigenvalue weighted by molar-refractivity contribution is 5.93. The standard InChI is InChI=1S/C28H24F2N6O3/c29-18-6-4-17(5-7-18)15-35-25-22(13-19(30)14-31-25)27(38)36(28(35)39)21-10-8-20(9-11-21)32-26(37)23-16-34-12-2-1-3-24(34)33-23/h1-7,12-14,16,20-21H,8-11,15H2,(H,32,37). The Morgan fingerprint density at radius 1 is 1.00 bits per heavy atom. The van der Waals surface area contributed by atoms with E-state index in [0.717, 1.165) is 12.3 Å². The molecule has 0 atom stereocenters. The second kappa shape index (κ2) is 9.90. The molecule has 0 bridgehead atoms. The van der Waals surface area contributed by atoms with Crippen molar-refractivity contribution in [3.63, 3.8) is 0 Å². The van der Waals surface area contributed by atoms with E-state index in [1.165, 1.54) is 21.3 Å². The highest BCUT2D eigenvalue weighted by Crippen LogP contribution is 2.27. The van der Waals surface area contributed by atoms with Gasteiger partial charge in [-0.15, -0.1) is 0 Å². The molecule has 1 fully saturated rings. The Kier molecular flexibility index (Phi) is 6.26. The highest BCUT2D eigenvalue weighted by atomic mass is 19.1. The molecule has 39 heavy (non-hydrogen) atoms. The zero-order chi connectivity index (χ0) is 27.1. The molecule has 11 heteroatoms. The second-order valence-corrected chi connectivity index (χ2v) is 9.77. The Bertz CT molecular complexity index is 1790. The summed E-state index contributed by atoms with van der Waals surface area (Å²) in [5.41, 5.74) is 0.523. The number of amides is 1. The third-order valence-electron chi connectivity index (χ3n) is 7.22. The van der Waals surface area contributed by atoms with Crippen molar-refractivity contribution in [2.45, 2.75) is 44.3 Å². The predicted molar refractivity (Wildman–Crippen MR) is 140 cm³/mol. The first kappa shape index (κ1) is 24.7. The van der Waals surface area contributed by atoms with Crippen molar-refractivity contribution in [2.75, 3.05) is 0 Å². The lowest BCUT2D eigenvalue weighted by molar-refractivity contribution is 0.0917.